The largest absolute Gasteiger partial charge is 0.480 e. The van der Waals surface area contributed by atoms with Crippen LogP contribution in [0.2, 0.25) is 0 Å². The Labute approximate surface area is 228 Å². The van der Waals surface area contributed by atoms with Crippen molar-refractivity contribution in [3.63, 3.8) is 0 Å². The molecule has 3 aliphatic rings. The van der Waals surface area contributed by atoms with E-state index < -0.39 is 29.9 Å². The molecule has 4 N–H and O–H groups in total. The minimum atomic E-state index is -1.19. The van der Waals surface area contributed by atoms with Gasteiger partial charge >= 0.3 is 12.0 Å². The van der Waals surface area contributed by atoms with Gasteiger partial charge in [0.15, 0.2) is 12.0 Å². The monoisotopic (exact) mass is 541 g/mol. The molecule has 12 nitrogen and oxygen atoms in total. The van der Waals surface area contributed by atoms with Crippen molar-refractivity contribution in [3.05, 3.63) is 30.1 Å². The highest BCUT2D eigenvalue weighted by Gasteiger charge is 2.56. The molecule has 4 amide bonds. The fourth-order valence-electron chi connectivity index (χ4n) is 5.87. The summed E-state index contributed by atoms with van der Waals surface area (Å²) in [6, 6.07) is 4.07. The lowest BCUT2D eigenvalue weighted by atomic mass is 9.78. The molecule has 0 radical (unpaired) electrons. The number of rotatable bonds is 9. The molecular weight excluding hydrogens is 502 g/mol. The zero-order chi connectivity index (χ0) is 27.9. The van der Waals surface area contributed by atoms with Crippen molar-refractivity contribution in [1.29, 1.82) is 5.41 Å². The van der Waals surface area contributed by atoms with Crippen molar-refractivity contribution in [2.75, 3.05) is 39.3 Å². The Morgan fingerprint density at radius 3 is 2.44 bits per heavy atom. The summed E-state index contributed by atoms with van der Waals surface area (Å²) in [5.74, 6) is -2.34. The lowest BCUT2D eigenvalue weighted by Crippen LogP contribution is -2.70. The van der Waals surface area contributed by atoms with Crippen LogP contribution in [0.5, 0.6) is 0 Å². The number of nitrogens with zero attached hydrogens (tertiary/aromatic N) is 5. The number of hydrogen-bond acceptors (Lipinski definition) is 6. The average Bonchev–Trinajstić information content (AvgIpc) is 2.94. The van der Waals surface area contributed by atoms with Crippen LogP contribution >= 0.6 is 0 Å². The van der Waals surface area contributed by atoms with Crippen LogP contribution in [-0.2, 0) is 20.8 Å². The van der Waals surface area contributed by atoms with Crippen LogP contribution < -0.4 is 5.73 Å². The second-order valence-corrected chi connectivity index (χ2v) is 10.7. The average molecular weight is 542 g/mol. The number of carbonyl (C=O) groups is 4. The lowest BCUT2D eigenvalue weighted by Gasteiger charge is -2.47. The predicted molar refractivity (Wildman–Crippen MR) is 143 cm³/mol. The molecule has 0 bridgehead atoms. The lowest BCUT2D eigenvalue weighted by molar-refractivity contribution is -0.167. The molecule has 3 saturated heterocycles. The molecule has 0 aliphatic carbocycles. The Kier molecular flexibility index (Phi) is 9.36. The predicted octanol–water partition coefficient (Wildman–Crippen LogP) is 1.36. The van der Waals surface area contributed by atoms with Gasteiger partial charge in [-0.3, -0.25) is 20.0 Å². The number of piperazine rings is 1. The number of aliphatic carboxylic acids is 1. The van der Waals surface area contributed by atoms with Crippen LogP contribution in [0.25, 0.3) is 0 Å². The molecule has 212 valence electrons. The Bertz CT molecular complexity index is 1060. The fraction of sp³-hybridized carbons (Fsp3) is 0.630. The number of hydrogen-bond donors (Lipinski definition) is 3. The molecule has 0 saturated carbocycles. The van der Waals surface area contributed by atoms with Crippen LogP contribution in [0.3, 0.4) is 0 Å². The minimum absolute atomic E-state index is 0.0236. The standard InChI is InChI=1S/C27H39N7O5/c28-26(29)33-12-6-7-19(18-33)17-21-23(25(37)38)34(24(21)36)27(39)32-15-13-31(14-16-32)22(35)10-3-1-2-8-20-9-4-5-11-30-20/h4-5,9,11,19,21,23H,1-3,6-8,10,12-18H2,(H3,28,29)(H,37,38). The number of aryl methyl sites for hydroxylation is 1. The van der Waals surface area contributed by atoms with E-state index in [1.807, 2.05) is 18.2 Å². The molecule has 0 aromatic carbocycles. The van der Waals surface area contributed by atoms with Crippen molar-refractivity contribution in [2.24, 2.45) is 17.6 Å². The number of carbonyl (C=O) groups excluding carboxylic acids is 3. The number of β-lactam (4-membered cyclic amide) rings is 1. The molecule has 1 aromatic rings. The summed E-state index contributed by atoms with van der Waals surface area (Å²) in [6.07, 6.45) is 7.82. The first kappa shape index (κ1) is 28.3. The number of urea groups is 1. The number of guanidine groups is 1. The number of pyridine rings is 1. The van der Waals surface area contributed by atoms with E-state index >= 15 is 0 Å². The fourth-order valence-corrected chi connectivity index (χ4v) is 5.87. The van der Waals surface area contributed by atoms with Crippen LogP contribution in [-0.4, -0.2) is 105 Å². The van der Waals surface area contributed by atoms with E-state index in [1.54, 1.807) is 16.0 Å². The van der Waals surface area contributed by atoms with Gasteiger partial charge in [0, 0.05) is 57.6 Å². The van der Waals surface area contributed by atoms with Crippen LogP contribution in [0, 0.1) is 17.2 Å². The molecule has 0 spiro atoms. The van der Waals surface area contributed by atoms with E-state index in [0.29, 0.717) is 39.0 Å². The first-order chi connectivity index (χ1) is 18.8. The van der Waals surface area contributed by atoms with Crippen LogP contribution in [0.4, 0.5) is 4.79 Å². The summed E-state index contributed by atoms with van der Waals surface area (Å²) in [4.78, 5) is 60.9. The number of nitrogens with one attached hydrogen (secondary N) is 1. The SMILES string of the molecule is N=C(N)N1CCCC(CC2C(=O)N(C(=O)N3CCN(C(=O)CCCCCc4ccccn4)CC3)C2C(=O)O)C1. The van der Waals surface area contributed by atoms with Gasteiger partial charge in [0.25, 0.3) is 0 Å². The van der Waals surface area contributed by atoms with Crippen molar-refractivity contribution in [2.45, 2.75) is 57.4 Å². The van der Waals surface area contributed by atoms with E-state index in [9.17, 15) is 24.3 Å². The Morgan fingerprint density at radius 2 is 1.77 bits per heavy atom. The summed E-state index contributed by atoms with van der Waals surface area (Å²) < 4.78 is 0. The van der Waals surface area contributed by atoms with Gasteiger partial charge in [-0.05, 0) is 56.6 Å². The van der Waals surface area contributed by atoms with Gasteiger partial charge in [-0.25, -0.2) is 14.5 Å². The number of amides is 4. The topological polar surface area (TPSA) is 164 Å². The van der Waals surface area contributed by atoms with Crippen molar-refractivity contribution < 1.29 is 24.3 Å². The first-order valence-corrected chi connectivity index (χ1v) is 13.9. The Hall–Kier alpha value is -3.70. The van der Waals surface area contributed by atoms with Crippen LogP contribution in [0.15, 0.2) is 24.4 Å². The molecule has 3 fully saturated rings. The van der Waals surface area contributed by atoms with E-state index in [4.69, 9.17) is 11.1 Å². The van der Waals surface area contributed by atoms with Gasteiger partial charge in [-0.15, -0.1) is 0 Å². The summed E-state index contributed by atoms with van der Waals surface area (Å²) >= 11 is 0. The van der Waals surface area contributed by atoms with Gasteiger partial charge in [0.05, 0.1) is 5.92 Å². The third-order valence-electron chi connectivity index (χ3n) is 8.07. The molecular formula is C27H39N7O5. The van der Waals surface area contributed by atoms with E-state index in [1.165, 1.54) is 4.90 Å². The van der Waals surface area contributed by atoms with Crippen molar-refractivity contribution in [3.8, 4) is 0 Å². The summed E-state index contributed by atoms with van der Waals surface area (Å²) in [7, 11) is 0. The number of likely N-dealkylation sites (tertiary alicyclic amines) is 2. The molecule has 39 heavy (non-hydrogen) atoms. The van der Waals surface area contributed by atoms with Crippen molar-refractivity contribution >= 4 is 29.8 Å². The zero-order valence-corrected chi connectivity index (χ0v) is 22.3. The maximum atomic E-state index is 13.1. The molecule has 3 atom stereocenters. The minimum Gasteiger partial charge on any atom is -0.480 e. The van der Waals surface area contributed by atoms with E-state index in [-0.39, 0.29) is 30.9 Å². The molecule has 3 unspecified atom stereocenters. The second kappa shape index (κ2) is 12.9. The summed E-state index contributed by atoms with van der Waals surface area (Å²) in [6.45, 7) is 2.45. The van der Waals surface area contributed by atoms with Gasteiger partial charge in [0.2, 0.25) is 11.8 Å². The molecule has 4 heterocycles. The first-order valence-electron chi connectivity index (χ1n) is 13.9. The number of nitrogens with two attached hydrogens (primary N) is 1. The summed E-state index contributed by atoms with van der Waals surface area (Å²) in [5, 5.41) is 17.5. The molecule has 3 aliphatic heterocycles. The third kappa shape index (κ3) is 6.85. The van der Waals surface area contributed by atoms with E-state index in [0.717, 1.165) is 49.1 Å². The normalized spacial score (nSPS) is 23.4. The highest BCUT2D eigenvalue weighted by Crippen LogP contribution is 2.36. The quantitative estimate of drug-likeness (QED) is 0.182. The number of aromatic nitrogens is 1. The Balaban J connectivity index is 1.20. The number of imide groups is 1. The number of piperidine rings is 1. The zero-order valence-electron chi connectivity index (χ0n) is 22.3. The van der Waals surface area contributed by atoms with Gasteiger partial charge in [0.1, 0.15) is 0 Å². The van der Waals surface area contributed by atoms with Gasteiger partial charge < -0.3 is 25.5 Å². The number of carboxylic acids is 1. The number of unbranched alkanes of at least 4 members (excludes halogenated alkanes) is 2. The Morgan fingerprint density at radius 1 is 1.03 bits per heavy atom. The van der Waals surface area contributed by atoms with Crippen LogP contribution in [0.1, 0.15) is 50.6 Å². The molecule has 1 aromatic heterocycles. The molecule has 4 rings (SSSR count). The summed E-state index contributed by atoms with van der Waals surface area (Å²) in [5.41, 5.74) is 6.65. The highest BCUT2D eigenvalue weighted by molar-refractivity contribution is 6.07. The maximum Gasteiger partial charge on any atom is 0.327 e. The van der Waals surface area contributed by atoms with Gasteiger partial charge in [-0.2, -0.15) is 0 Å². The molecule has 12 heteroatoms. The maximum absolute atomic E-state index is 13.1. The number of carboxylic acid groups (broad SMARTS) is 1. The third-order valence-corrected chi connectivity index (χ3v) is 8.07. The highest BCUT2D eigenvalue weighted by atomic mass is 16.4. The van der Waals surface area contributed by atoms with Crippen molar-refractivity contribution in [1.82, 2.24) is 24.6 Å². The smallest absolute Gasteiger partial charge is 0.327 e. The second-order valence-electron chi connectivity index (χ2n) is 10.7. The van der Waals surface area contributed by atoms with Gasteiger partial charge in [-0.1, -0.05) is 12.5 Å². The van der Waals surface area contributed by atoms with E-state index in [2.05, 4.69) is 4.98 Å².